The van der Waals surface area contributed by atoms with Gasteiger partial charge in [0.25, 0.3) is 11.7 Å². The maximum atomic E-state index is 14.6. The van der Waals surface area contributed by atoms with Gasteiger partial charge >= 0.3 is 11.7 Å². The Morgan fingerprint density at radius 3 is 2.20 bits per heavy atom. The molecule has 5 aromatic heterocycles. The molecule has 55 heavy (non-hydrogen) atoms. The first-order valence-electron chi connectivity index (χ1n) is 17.4. The first kappa shape index (κ1) is 36.4. The van der Waals surface area contributed by atoms with E-state index < -0.39 is 23.6 Å². The van der Waals surface area contributed by atoms with Gasteiger partial charge in [0.2, 0.25) is 23.7 Å². The number of carbonyl (C=O) groups is 4. The molecule has 0 bridgehead atoms. The van der Waals surface area contributed by atoms with Crippen molar-refractivity contribution in [1.82, 2.24) is 43.6 Å². The van der Waals surface area contributed by atoms with Crippen LogP contribution in [0.25, 0.3) is 27.9 Å². The summed E-state index contributed by atoms with van der Waals surface area (Å²) in [5.74, 6) is -1.41. The molecule has 284 valence electrons. The number of methoxy groups -OCH3 is 1. The number of carbonyl (C=O) groups excluding carboxylic acids is 4. The zero-order chi connectivity index (χ0) is 39.1. The summed E-state index contributed by atoms with van der Waals surface area (Å²) in [6.45, 7) is 8.54. The van der Waals surface area contributed by atoms with Crippen molar-refractivity contribution >= 4 is 57.7 Å². The van der Waals surface area contributed by atoms with E-state index in [1.165, 1.54) is 29.1 Å². The highest BCUT2D eigenvalue weighted by Crippen LogP contribution is 2.32. The normalized spacial score (nSPS) is 13.8. The third-order valence-electron chi connectivity index (χ3n) is 9.08. The molecule has 6 aromatic rings. The molecule has 0 fully saturated rings. The van der Waals surface area contributed by atoms with Crippen molar-refractivity contribution in [2.24, 2.45) is 11.5 Å². The van der Waals surface area contributed by atoms with Crippen LogP contribution in [-0.2, 0) is 30.9 Å². The second kappa shape index (κ2) is 14.5. The minimum atomic E-state index is -0.685. The van der Waals surface area contributed by atoms with Crippen LogP contribution in [0.1, 0.15) is 67.2 Å². The zero-order valence-corrected chi connectivity index (χ0v) is 30.8. The quantitative estimate of drug-likeness (QED) is 0.0983. The second-order valence-electron chi connectivity index (χ2n) is 12.6. The lowest BCUT2D eigenvalue weighted by Gasteiger charge is -2.14. The van der Waals surface area contributed by atoms with Gasteiger partial charge < -0.3 is 25.5 Å². The second-order valence-corrected chi connectivity index (χ2v) is 12.6. The zero-order valence-electron chi connectivity index (χ0n) is 30.8. The maximum Gasteiger partial charge on any atom is 0.331 e. The van der Waals surface area contributed by atoms with Crippen molar-refractivity contribution in [3.63, 3.8) is 0 Å². The van der Waals surface area contributed by atoms with Gasteiger partial charge in [0.1, 0.15) is 29.9 Å². The Morgan fingerprint density at radius 1 is 0.855 bits per heavy atom. The van der Waals surface area contributed by atoms with E-state index in [0.29, 0.717) is 58.2 Å². The van der Waals surface area contributed by atoms with Crippen molar-refractivity contribution in [2.45, 2.75) is 53.9 Å². The Hall–Kier alpha value is -6.96. The highest BCUT2D eigenvalue weighted by molar-refractivity contribution is 6.06. The van der Waals surface area contributed by atoms with Crippen molar-refractivity contribution in [2.75, 3.05) is 31.0 Å². The van der Waals surface area contributed by atoms with Gasteiger partial charge in [-0.2, -0.15) is 9.67 Å². The van der Waals surface area contributed by atoms with Gasteiger partial charge in [0, 0.05) is 50.5 Å². The molecular formula is C35H39N14O6+. The Bertz CT molecular complexity index is 2570. The molecule has 0 saturated carbocycles. The number of hydrogen-bond acceptors (Lipinski definition) is 11. The molecule has 6 N–H and O–H groups in total. The molecule has 1 aliphatic rings. The fourth-order valence-electron chi connectivity index (χ4n) is 6.62. The number of amides is 4. The number of primary amides is 2. The van der Waals surface area contributed by atoms with Gasteiger partial charge in [0.15, 0.2) is 17.0 Å². The lowest BCUT2D eigenvalue weighted by atomic mass is 10.1. The summed E-state index contributed by atoms with van der Waals surface area (Å²) in [6.07, 6.45) is 5.00. The Morgan fingerprint density at radius 2 is 1.51 bits per heavy atom. The highest BCUT2D eigenvalue weighted by atomic mass is 16.5. The topological polar surface area (TPSA) is 251 Å². The number of anilines is 2. The standard InChI is InChI=1S/C35H38N14O6/c1-6-47-27-25(18(3)43-47)49-19(4)44-48(7-2)33(49)32(53)42-35-40-23-15-21(29(37)51)17-38-30(23)46(35)11-9-8-10-45-26-22(39-34(45)41-31(27)52)14-20(28(36)50)16-24(26)55-13-12-54-5/h8-9,14-17H,6-7,10-13H2,1-5H3,(H5-,36,37,39,40,41,42,50,51,52,53)/p+1/b9-8+. The first-order valence-corrected chi connectivity index (χ1v) is 17.4. The summed E-state index contributed by atoms with van der Waals surface area (Å²) < 4.78 is 19.3. The number of ether oxygens (including phenoxy) is 2. The number of allylic oxidation sites excluding steroid dienone is 2. The van der Waals surface area contributed by atoms with Gasteiger partial charge in [-0.15, -0.1) is 4.68 Å². The van der Waals surface area contributed by atoms with E-state index in [2.05, 4.69) is 30.8 Å². The van der Waals surface area contributed by atoms with Crippen LogP contribution in [0.15, 0.2) is 36.5 Å². The van der Waals surface area contributed by atoms with Crippen molar-refractivity contribution in [3.05, 3.63) is 70.7 Å². The molecule has 1 aliphatic heterocycles. The van der Waals surface area contributed by atoms with E-state index in [1.54, 1.807) is 39.3 Å². The number of pyridine rings is 1. The third kappa shape index (κ3) is 6.41. The summed E-state index contributed by atoms with van der Waals surface area (Å²) in [6, 6.07) is 4.56. The van der Waals surface area contributed by atoms with Crippen LogP contribution >= 0.6 is 0 Å². The molecule has 0 aliphatic carbocycles. The number of fused-ring (bicyclic) bond motifs is 9. The monoisotopic (exact) mass is 751 g/mol. The number of hydrogen-bond donors (Lipinski definition) is 4. The maximum absolute atomic E-state index is 14.6. The fourth-order valence-corrected chi connectivity index (χ4v) is 6.62. The molecule has 0 saturated heterocycles. The molecule has 20 nitrogen and oxygen atoms in total. The predicted molar refractivity (Wildman–Crippen MR) is 197 cm³/mol. The number of nitrogens with zero attached hydrogens (tertiary/aromatic N) is 10. The summed E-state index contributed by atoms with van der Waals surface area (Å²) in [7, 11) is 1.54. The van der Waals surface area contributed by atoms with Gasteiger partial charge in [-0.3, -0.25) is 39.1 Å². The summed E-state index contributed by atoms with van der Waals surface area (Å²) in [5.41, 5.74) is 14.0. The molecular weight excluding hydrogens is 712 g/mol. The van der Waals surface area contributed by atoms with Crippen molar-refractivity contribution in [3.8, 4) is 11.4 Å². The van der Waals surface area contributed by atoms with Crippen LogP contribution in [-0.4, -0.2) is 87.6 Å². The smallest absolute Gasteiger partial charge is 0.331 e. The van der Waals surface area contributed by atoms with Crippen LogP contribution < -0.4 is 31.4 Å². The molecule has 0 radical (unpaired) electrons. The molecule has 0 atom stereocenters. The van der Waals surface area contributed by atoms with E-state index in [0.717, 1.165) is 0 Å². The third-order valence-corrected chi connectivity index (χ3v) is 9.08. The molecule has 20 heteroatoms. The number of benzene rings is 1. The van der Waals surface area contributed by atoms with Crippen LogP contribution in [0.4, 0.5) is 11.9 Å². The average molecular weight is 752 g/mol. The van der Waals surface area contributed by atoms with Crippen LogP contribution in [0.5, 0.6) is 5.75 Å². The number of aromatic nitrogens is 10. The highest BCUT2D eigenvalue weighted by Gasteiger charge is 2.37. The molecule has 1 aromatic carbocycles. The molecule has 0 spiro atoms. The fraction of sp³-hybridized carbons (Fsp3) is 0.314. The number of aryl methyl sites for hydroxylation is 4. The number of nitrogens with two attached hydrogens (primary N) is 2. The Balaban J connectivity index is 1.49. The van der Waals surface area contributed by atoms with Gasteiger partial charge in [-0.25, -0.2) is 15.0 Å². The Kier molecular flexibility index (Phi) is 9.57. The summed E-state index contributed by atoms with van der Waals surface area (Å²) >= 11 is 0. The number of nitrogens with one attached hydrogen (secondary N) is 2. The molecule has 7 rings (SSSR count). The predicted octanol–water partition coefficient (Wildman–Crippen LogP) is 1.40. The van der Waals surface area contributed by atoms with E-state index >= 15 is 0 Å². The first-order chi connectivity index (χ1) is 26.4. The van der Waals surface area contributed by atoms with E-state index in [4.69, 9.17) is 25.9 Å². The number of imidazole rings is 2. The van der Waals surface area contributed by atoms with Crippen LogP contribution in [0.3, 0.4) is 0 Å². The minimum Gasteiger partial charge on any atom is -0.489 e. The number of rotatable bonds is 8. The van der Waals surface area contributed by atoms with Crippen LogP contribution in [0.2, 0.25) is 0 Å². The minimum absolute atomic E-state index is 0.101. The van der Waals surface area contributed by atoms with Crippen LogP contribution in [0, 0.1) is 13.8 Å². The van der Waals surface area contributed by atoms with Gasteiger partial charge in [-0.1, -0.05) is 12.2 Å². The Labute approximate surface area is 312 Å². The molecule has 4 amide bonds. The summed E-state index contributed by atoms with van der Waals surface area (Å²) in [5, 5.41) is 15.2. The van der Waals surface area contributed by atoms with E-state index in [9.17, 15) is 19.2 Å². The van der Waals surface area contributed by atoms with Crippen molar-refractivity contribution < 1.29 is 33.2 Å². The van der Waals surface area contributed by atoms with E-state index in [-0.39, 0.29) is 60.8 Å². The SMILES string of the molecule is CCn1nc(C)c2c1C(=O)Nc1nc3cc(C(N)=O)cc(OCCOC)c3n1C/C=C/Cn1c(nc3cc(C(N)=O)cnc31)NC(=O)c1n(CC)nc(C)[n+]1-2. The molecule has 0 unspecified atom stereocenters. The largest absolute Gasteiger partial charge is 0.489 e. The lowest BCUT2D eigenvalue weighted by molar-refractivity contribution is -0.606. The van der Waals surface area contributed by atoms with E-state index in [1.807, 2.05) is 26.0 Å². The van der Waals surface area contributed by atoms with Gasteiger partial charge in [0.05, 0.1) is 23.4 Å². The summed E-state index contributed by atoms with van der Waals surface area (Å²) in [4.78, 5) is 67.2. The lowest BCUT2D eigenvalue weighted by Crippen LogP contribution is -2.44. The molecule has 6 heterocycles. The average Bonchev–Trinajstić information content (AvgIpc) is 3.88. The van der Waals surface area contributed by atoms with Crippen molar-refractivity contribution in [1.29, 1.82) is 0 Å². The van der Waals surface area contributed by atoms with Gasteiger partial charge in [-0.05, 0) is 39.0 Å².